The van der Waals surface area contributed by atoms with Gasteiger partial charge in [-0.2, -0.15) is 0 Å². The number of hydrogen-bond acceptors (Lipinski definition) is 3. The van der Waals surface area contributed by atoms with Crippen LogP contribution in [-0.2, 0) is 12.8 Å². The van der Waals surface area contributed by atoms with Gasteiger partial charge in [-0.3, -0.25) is 4.99 Å². The van der Waals surface area contributed by atoms with Crippen LogP contribution in [-0.4, -0.2) is 31.1 Å². The van der Waals surface area contributed by atoms with Gasteiger partial charge in [-0.25, -0.2) is 9.37 Å². The third-order valence-corrected chi connectivity index (χ3v) is 4.77. The molecular weight excluding hydrogens is 323 g/mol. The molecule has 0 atom stereocenters. The Morgan fingerprint density at radius 3 is 2.42 bits per heavy atom. The molecule has 0 aliphatic carbocycles. The standard InChI is InChI=1S/C18H25FN4S/c1-13(2)17-23-16(12-24-17)9-11-22-18(20-3)21-10-8-14-4-6-15(19)7-5-14/h4-7,12-13H,8-11H2,1-3H3,(H2,20,21,22). The fraction of sp³-hybridized carbons (Fsp3) is 0.444. The van der Waals surface area contributed by atoms with E-state index in [0.29, 0.717) is 5.92 Å². The zero-order chi connectivity index (χ0) is 17.4. The van der Waals surface area contributed by atoms with E-state index in [0.717, 1.165) is 43.1 Å². The van der Waals surface area contributed by atoms with Gasteiger partial charge in [0.1, 0.15) is 5.82 Å². The van der Waals surface area contributed by atoms with Gasteiger partial charge in [0.05, 0.1) is 10.7 Å². The van der Waals surface area contributed by atoms with E-state index in [4.69, 9.17) is 0 Å². The van der Waals surface area contributed by atoms with Gasteiger partial charge in [-0.05, 0) is 24.1 Å². The summed E-state index contributed by atoms with van der Waals surface area (Å²) >= 11 is 1.72. The molecule has 0 radical (unpaired) electrons. The van der Waals surface area contributed by atoms with Crippen LogP contribution < -0.4 is 10.6 Å². The van der Waals surface area contributed by atoms with Crippen LogP contribution in [0.3, 0.4) is 0 Å². The van der Waals surface area contributed by atoms with E-state index in [1.807, 2.05) is 12.1 Å². The first-order chi connectivity index (χ1) is 11.6. The second-order valence-electron chi connectivity index (χ2n) is 5.88. The molecule has 6 heteroatoms. The topological polar surface area (TPSA) is 49.3 Å². The first-order valence-corrected chi connectivity index (χ1v) is 9.09. The van der Waals surface area contributed by atoms with Crippen LogP contribution in [0.2, 0.25) is 0 Å². The molecule has 1 aromatic carbocycles. The second kappa shape index (κ2) is 9.37. The number of aliphatic imine (C=N–C) groups is 1. The third-order valence-electron chi connectivity index (χ3n) is 3.58. The second-order valence-corrected chi connectivity index (χ2v) is 6.77. The van der Waals surface area contributed by atoms with Crippen molar-refractivity contribution in [2.75, 3.05) is 20.1 Å². The Morgan fingerprint density at radius 1 is 1.17 bits per heavy atom. The molecule has 24 heavy (non-hydrogen) atoms. The fourth-order valence-corrected chi connectivity index (χ4v) is 3.08. The van der Waals surface area contributed by atoms with E-state index >= 15 is 0 Å². The number of hydrogen-bond donors (Lipinski definition) is 2. The largest absolute Gasteiger partial charge is 0.356 e. The predicted molar refractivity (Wildman–Crippen MR) is 99.4 cm³/mol. The van der Waals surface area contributed by atoms with Gasteiger partial charge in [0.2, 0.25) is 0 Å². The zero-order valence-electron chi connectivity index (χ0n) is 14.5. The maximum Gasteiger partial charge on any atom is 0.190 e. The average molecular weight is 348 g/mol. The summed E-state index contributed by atoms with van der Waals surface area (Å²) in [5, 5.41) is 9.88. The van der Waals surface area contributed by atoms with Crippen molar-refractivity contribution in [1.29, 1.82) is 0 Å². The zero-order valence-corrected chi connectivity index (χ0v) is 15.3. The van der Waals surface area contributed by atoms with Crippen molar-refractivity contribution in [2.24, 2.45) is 4.99 Å². The lowest BCUT2D eigenvalue weighted by molar-refractivity contribution is 0.626. The molecular formula is C18H25FN4S. The van der Waals surface area contributed by atoms with Gasteiger partial charge >= 0.3 is 0 Å². The molecule has 0 amide bonds. The Kier molecular flexibility index (Phi) is 7.18. The Labute approximate surface area is 147 Å². The monoisotopic (exact) mass is 348 g/mol. The van der Waals surface area contributed by atoms with Gasteiger partial charge < -0.3 is 10.6 Å². The van der Waals surface area contributed by atoms with E-state index < -0.39 is 0 Å². The Morgan fingerprint density at radius 2 is 1.83 bits per heavy atom. The van der Waals surface area contributed by atoms with Crippen molar-refractivity contribution in [3.05, 3.63) is 51.7 Å². The number of benzene rings is 1. The minimum atomic E-state index is -0.202. The lowest BCUT2D eigenvalue weighted by atomic mass is 10.1. The average Bonchev–Trinajstić information content (AvgIpc) is 3.04. The normalized spacial score (nSPS) is 11.8. The molecule has 4 nitrogen and oxygen atoms in total. The lowest BCUT2D eigenvalue weighted by Crippen LogP contribution is -2.39. The van der Waals surface area contributed by atoms with E-state index in [2.05, 4.69) is 39.8 Å². The fourth-order valence-electron chi connectivity index (χ4n) is 2.21. The van der Waals surface area contributed by atoms with Crippen LogP contribution >= 0.6 is 11.3 Å². The molecule has 0 unspecified atom stereocenters. The highest BCUT2D eigenvalue weighted by molar-refractivity contribution is 7.09. The van der Waals surface area contributed by atoms with Crippen LogP contribution in [0.5, 0.6) is 0 Å². The lowest BCUT2D eigenvalue weighted by Gasteiger charge is -2.11. The van der Waals surface area contributed by atoms with Gasteiger partial charge in [0, 0.05) is 37.9 Å². The maximum absolute atomic E-state index is 12.9. The molecule has 0 saturated carbocycles. The highest BCUT2D eigenvalue weighted by atomic mass is 32.1. The maximum atomic E-state index is 12.9. The number of aromatic nitrogens is 1. The van der Waals surface area contributed by atoms with Crippen molar-refractivity contribution >= 4 is 17.3 Å². The highest BCUT2D eigenvalue weighted by Gasteiger charge is 2.06. The predicted octanol–water partition coefficient (Wildman–Crippen LogP) is 3.36. The van der Waals surface area contributed by atoms with E-state index in [-0.39, 0.29) is 5.82 Å². The van der Waals surface area contributed by atoms with Crippen molar-refractivity contribution < 1.29 is 4.39 Å². The summed E-state index contributed by atoms with van der Waals surface area (Å²) < 4.78 is 12.9. The molecule has 1 aromatic heterocycles. The number of guanidine groups is 1. The first kappa shape index (κ1) is 18.4. The van der Waals surface area contributed by atoms with Gasteiger partial charge in [0.15, 0.2) is 5.96 Å². The van der Waals surface area contributed by atoms with Crippen molar-refractivity contribution in [3.63, 3.8) is 0 Å². The summed E-state index contributed by atoms with van der Waals surface area (Å²) in [5.41, 5.74) is 2.22. The number of thiazole rings is 1. The molecule has 130 valence electrons. The molecule has 0 saturated heterocycles. The first-order valence-electron chi connectivity index (χ1n) is 8.21. The molecule has 0 aliphatic heterocycles. The number of halogens is 1. The summed E-state index contributed by atoms with van der Waals surface area (Å²) in [6, 6.07) is 6.59. The van der Waals surface area contributed by atoms with E-state index in [9.17, 15) is 4.39 Å². The molecule has 2 aromatic rings. The van der Waals surface area contributed by atoms with Crippen LogP contribution in [0, 0.1) is 5.82 Å². The number of nitrogens with zero attached hydrogens (tertiary/aromatic N) is 2. The molecule has 2 rings (SSSR count). The minimum absolute atomic E-state index is 0.202. The molecule has 0 bridgehead atoms. The summed E-state index contributed by atoms with van der Waals surface area (Å²) in [6.07, 6.45) is 1.70. The molecule has 0 spiro atoms. The number of rotatable bonds is 7. The molecule has 1 heterocycles. The van der Waals surface area contributed by atoms with Crippen LogP contribution in [0.15, 0.2) is 34.6 Å². The Bertz CT molecular complexity index is 649. The van der Waals surface area contributed by atoms with Gasteiger partial charge in [-0.1, -0.05) is 26.0 Å². The van der Waals surface area contributed by atoms with Crippen molar-refractivity contribution in [3.8, 4) is 0 Å². The summed E-state index contributed by atoms with van der Waals surface area (Å²) in [5.74, 6) is 1.06. The summed E-state index contributed by atoms with van der Waals surface area (Å²) in [6.45, 7) is 5.86. The Balaban J connectivity index is 1.69. The Hall–Kier alpha value is -1.95. The van der Waals surface area contributed by atoms with E-state index in [1.54, 1.807) is 18.4 Å². The molecule has 0 fully saturated rings. The van der Waals surface area contributed by atoms with E-state index in [1.165, 1.54) is 17.1 Å². The van der Waals surface area contributed by atoms with Gasteiger partial charge in [0.25, 0.3) is 0 Å². The molecule has 0 aliphatic rings. The molecule has 2 N–H and O–H groups in total. The number of nitrogens with one attached hydrogen (secondary N) is 2. The van der Waals surface area contributed by atoms with Crippen molar-refractivity contribution in [2.45, 2.75) is 32.6 Å². The smallest absolute Gasteiger partial charge is 0.190 e. The van der Waals surface area contributed by atoms with Crippen LogP contribution in [0.1, 0.15) is 36.0 Å². The van der Waals surface area contributed by atoms with Crippen molar-refractivity contribution in [1.82, 2.24) is 15.6 Å². The SMILES string of the molecule is CN=C(NCCc1ccc(F)cc1)NCCc1csc(C(C)C)n1. The van der Waals surface area contributed by atoms with Gasteiger partial charge in [-0.15, -0.1) is 11.3 Å². The quantitative estimate of drug-likeness (QED) is 0.596. The summed E-state index contributed by atoms with van der Waals surface area (Å²) in [7, 11) is 1.76. The highest BCUT2D eigenvalue weighted by Crippen LogP contribution is 2.19. The minimum Gasteiger partial charge on any atom is -0.356 e. The van der Waals surface area contributed by atoms with Crippen LogP contribution in [0.25, 0.3) is 0 Å². The van der Waals surface area contributed by atoms with Crippen LogP contribution in [0.4, 0.5) is 4.39 Å². The third kappa shape index (κ3) is 5.92. The summed E-state index contributed by atoms with van der Waals surface area (Å²) in [4.78, 5) is 8.84.